The molecule has 21 heavy (non-hydrogen) atoms. The monoisotopic (exact) mass is 302 g/mol. The highest BCUT2D eigenvalue weighted by Gasteiger charge is 2.16. The molecule has 0 radical (unpaired) electrons. The topological polar surface area (TPSA) is 41.1 Å². The first-order chi connectivity index (χ1) is 10.1. The van der Waals surface area contributed by atoms with Crippen molar-refractivity contribution in [2.24, 2.45) is 5.92 Å². The molecular weight excluding hydrogens is 280 g/mol. The van der Waals surface area contributed by atoms with Crippen molar-refractivity contribution in [1.82, 2.24) is 10.6 Å². The van der Waals surface area contributed by atoms with Crippen LogP contribution in [0.15, 0.2) is 41.8 Å². The van der Waals surface area contributed by atoms with Crippen molar-refractivity contribution >= 4 is 17.2 Å². The van der Waals surface area contributed by atoms with Crippen molar-refractivity contribution in [2.45, 2.75) is 26.4 Å². The van der Waals surface area contributed by atoms with E-state index in [0.717, 1.165) is 6.54 Å². The van der Waals surface area contributed by atoms with Crippen molar-refractivity contribution in [3.05, 3.63) is 57.8 Å². The third kappa shape index (κ3) is 4.16. The molecule has 1 heterocycles. The van der Waals surface area contributed by atoms with Crippen molar-refractivity contribution < 1.29 is 4.79 Å². The lowest BCUT2D eigenvalue weighted by Gasteiger charge is -2.21. The highest BCUT2D eigenvalue weighted by atomic mass is 32.1. The van der Waals surface area contributed by atoms with Crippen LogP contribution in [0.25, 0.3) is 0 Å². The summed E-state index contributed by atoms with van der Waals surface area (Å²) in [5.41, 5.74) is 1.88. The fourth-order valence-corrected chi connectivity index (χ4v) is 3.25. The summed E-state index contributed by atoms with van der Waals surface area (Å²) in [7, 11) is 1.64. The molecule has 1 atom stereocenters. The van der Waals surface area contributed by atoms with Crippen LogP contribution in [0.1, 0.15) is 40.7 Å². The third-order valence-corrected chi connectivity index (χ3v) is 4.44. The second kappa shape index (κ2) is 7.38. The lowest BCUT2D eigenvalue weighted by atomic mass is 10.0. The van der Waals surface area contributed by atoms with Gasteiger partial charge in [0.2, 0.25) is 0 Å². The van der Waals surface area contributed by atoms with E-state index < -0.39 is 0 Å². The number of carbonyl (C=O) groups excluding carboxylic acids is 1. The Morgan fingerprint density at radius 3 is 2.43 bits per heavy atom. The minimum Gasteiger partial charge on any atom is -0.355 e. The van der Waals surface area contributed by atoms with E-state index >= 15 is 0 Å². The van der Waals surface area contributed by atoms with Crippen LogP contribution in [0, 0.1) is 5.92 Å². The summed E-state index contributed by atoms with van der Waals surface area (Å²) in [6.07, 6.45) is 0. The van der Waals surface area contributed by atoms with Gasteiger partial charge in [-0.2, -0.15) is 0 Å². The lowest BCUT2D eigenvalue weighted by molar-refractivity contribution is 0.0963. The second-order valence-corrected chi connectivity index (χ2v) is 6.37. The molecule has 4 heteroatoms. The molecule has 2 rings (SSSR count). The highest BCUT2D eigenvalue weighted by molar-refractivity contribution is 7.10. The maximum absolute atomic E-state index is 11.5. The van der Waals surface area contributed by atoms with Crippen LogP contribution in [0.3, 0.4) is 0 Å². The Kier molecular flexibility index (Phi) is 5.53. The van der Waals surface area contributed by atoms with Gasteiger partial charge >= 0.3 is 0 Å². The summed E-state index contributed by atoms with van der Waals surface area (Å²) < 4.78 is 0. The molecule has 1 aromatic heterocycles. The summed E-state index contributed by atoms with van der Waals surface area (Å²) >= 11 is 1.79. The number of benzene rings is 1. The van der Waals surface area contributed by atoms with Gasteiger partial charge in [0.15, 0.2) is 0 Å². The zero-order valence-corrected chi connectivity index (χ0v) is 13.5. The van der Waals surface area contributed by atoms with Gasteiger partial charge in [0.05, 0.1) is 0 Å². The molecule has 112 valence electrons. The van der Waals surface area contributed by atoms with Gasteiger partial charge in [-0.3, -0.25) is 4.79 Å². The molecule has 1 amide bonds. The largest absolute Gasteiger partial charge is 0.355 e. The predicted octanol–water partition coefficient (Wildman–Crippen LogP) is 3.59. The van der Waals surface area contributed by atoms with Crippen LogP contribution in [0.2, 0.25) is 0 Å². The number of carbonyl (C=O) groups is 1. The van der Waals surface area contributed by atoms with E-state index in [0.29, 0.717) is 17.5 Å². The van der Waals surface area contributed by atoms with Crippen molar-refractivity contribution in [3.8, 4) is 0 Å². The lowest BCUT2D eigenvalue weighted by Crippen LogP contribution is -2.24. The van der Waals surface area contributed by atoms with E-state index in [2.05, 4.69) is 42.0 Å². The van der Waals surface area contributed by atoms with Gasteiger partial charge in [-0.15, -0.1) is 11.3 Å². The van der Waals surface area contributed by atoms with Gasteiger partial charge < -0.3 is 10.6 Å². The third-order valence-electron chi connectivity index (χ3n) is 3.49. The van der Waals surface area contributed by atoms with Crippen molar-refractivity contribution in [3.63, 3.8) is 0 Å². The van der Waals surface area contributed by atoms with E-state index in [1.54, 1.807) is 18.4 Å². The Morgan fingerprint density at radius 2 is 1.90 bits per heavy atom. The molecular formula is C17H22N2OS. The van der Waals surface area contributed by atoms with E-state index in [1.165, 1.54) is 10.4 Å². The molecule has 0 spiro atoms. The van der Waals surface area contributed by atoms with Crippen LogP contribution >= 0.6 is 11.3 Å². The second-order valence-electron chi connectivity index (χ2n) is 5.39. The summed E-state index contributed by atoms with van der Waals surface area (Å²) in [4.78, 5) is 12.9. The SMILES string of the molecule is CNC(=O)c1ccc(CNC(c2cccs2)C(C)C)cc1. The average Bonchev–Trinajstić information content (AvgIpc) is 3.01. The fourth-order valence-electron chi connectivity index (χ4n) is 2.28. The van der Waals surface area contributed by atoms with Crippen LogP contribution in [-0.2, 0) is 6.54 Å². The fraction of sp³-hybridized carbons (Fsp3) is 0.353. The van der Waals surface area contributed by atoms with Crippen LogP contribution < -0.4 is 10.6 Å². The van der Waals surface area contributed by atoms with Crippen LogP contribution in [0.5, 0.6) is 0 Å². The van der Waals surface area contributed by atoms with Gasteiger partial charge in [0, 0.05) is 30.1 Å². The first-order valence-corrected chi connectivity index (χ1v) is 8.07. The molecule has 0 saturated carbocycles. The average molecular weight is 302 g/mol. The summed E-state index contributed by atoms with van der Waals surface area (Å²) in [6.45, 7) is 5.26. The first kappa shape index (κ1) is 15.7. The zero-order valence-electron chi connectivity index (χ0n) is 12.7. The molecule has 0 saturated heterocycles. The molecule has 3 nitrogen and oxygen atoms in total. The first-order valence-electron chi connectivity index (χ1n) is 7.19. The van der Waals surface area contributed by atoms with E-state index in [4.69, 9.17) is 0 Å². The Labute approximate surface area is 130 Å². The molecule has 0 bridgehead atoms. The summed E-state index contributed by atoms with van der Waals surface area (Å²) in [5.74, 6) is 0.488. The summed E-state index contributed by atoms with van der Waals surface area (Å²) in [5, 5.41) is 8.36. The number of nitrogens with one attached hydrogen (secondary N) is 2. The summed E-state index contributed by atoms with van der Waals surface area (Å²) in [6, 6.07) is 12.4. The molecule has 1 aromatic carbocycles. The molecule has 0 aliphatic rings. The van der Waals surface area contributed by atoms with Gasteiger partial charge in [-0.1, -0.05) is 32.0 Å². The van der Waals surface area contributed by atoms with E-state index in [-0.39, 0.29) is 5.91 Å². The standard InChI is InChI=1S/C17H22N2OS/c1-12(2)16(15-5-4-10-21-15)19-11-13-6-8-14(9-7-13)17(20)18-3/h4-10,12,16,19H,11H2,1-3H3,(H,18,20). The molecule has 2 aromatic rings. The molecule has 2 N–H and O–H groups in total. The van der Waals surface area contributed by atoms with Gasteiger partial charge in [-0.05, 0) is 35.1 Å². The zero-order chi connectivity index (χ0) is 15.2. The minimum atomic E-state index is -0.0480. The molecule has 0 fully saturated rings. The number of amides is 1. The normalized spacial score (nSPS) is 12.4. The van der Waals surface area contributed by atoms with Crippen LogP contribution in [-0.4, -0.2) is 13.0 Å². The highest BCUT2D eigenvalue weighted by Crippen LogP contribution is 2.26. The Morgan fingerprint density at radius 1 is 1.19 bits per heavy atom. The Bertz CT molecular complexity index is 561. The van der Waals surface area contributed by atoms with E-state index in [1.807, 2.05) is 24.3 Å². The number of hydrogen-bond acceptors (Lipinski definition) is 3. The van der Waals surface area contributed by atoms with Crippen molar-refractivity contribution in [2.75, 3.05) is 7.05 Å². The van der Waals surface area contributed by atoms with Gasteiger partial charge in [0.1, 0.15) is 0 Å². The Hall–Kier alpha value is -1.65. The minimum absolute atomic E-state index is 0.0480. The van der Waals surface area contributed by atoms with Gasteiger partial charge in [0.25, 0.3) is 5.91 Å². The molecule has 0 aliphatic heterocycles. The van der Waals surface area contributed by atoms with E-state index in [9.17, 15) is 4.79 Å². The number of thiophene rings is 1. The molecule has 1 unspecified atom stereocenters. The quantitative estimate of drug-likeness (QED) is 0.856. The number of hydrogen-bond donors (Lipinski definition) is 2. The smallest absolute Gasteiger partial charge is 0.251 e. The van der Waals surface area contributed by atoms with Crippen molar-refractivity contribution in [1.29, 1.82) is 0 Å². The van der Waals surface area contributed by atoms with Crippen LogP contribution in [0.4, 0.5) is 0 Å². The maximum atomic E-state index is 11.5. The molecule has 0 aliphatic carbocycles. The predicted molar refractivity (Wildman–Crippen MR) is 88.6 cm³/mol. The number of rotatable bonds is 6. The Balaban J connectivity index is 1.99. The van der Waals surface area contributed by atoms with Gasteiger partial charge in [-0.25, -0.2) is 0 Å². The maximum Gasteiger partial charge on any atom is 0.251 e.